The number of piperidine rings is 1. The van der Waals surface area contributed by atoms with Crippen LogP contribution in [0.15, 0.2) is 42.5 Å². The van der Waals surface area contributed by atoms with E-state index >= 15 is 0 Å². The average Bonchev–Trinajstić information content (AvgIpc) is 3.21. The van der Waals surface area contributed by atoms with Crippen LogP contribution in [0, 0.1) is 5.92 Å². The largest absolute Gasteiger partial charge is 0.497 e. The van der Waals surface area contributed by atoms with Gasteiger partial charge in [0, 0.05) is 32.0 Å². The number of likely N-dealkylation sites (tertiary alicyclic amines) is 1. The molecule has 0 bridgehead atoms. The Balaban J connectivity index is 1.25. The second-order valence-electron chi connectivity index (χ2n) is 8.73. The minimum atomic E-state index is -0.557. The third-order valence-electron chi connectivity index (χ3n) is 6.57. The SMILES string of the molecule is COc1ccc2c(c1)OC1(CCN(C(=O)C(C)Cn3nnc4ccccc43)CC1)CC2=O. The first-order valence-electron chi connectivity index (χ1n) is 11.0. The van der Waals surface area contributed by atoms with Crippen LogP contribution in [-0.4, -0.2) is 57.4 Å². The van der Waals surface area contributed by atoms with Gasteiger partial charge < -0.3 is 14.4 Å². The van der Waals surface area contributed by atoms with Crippen molar-refractivity contribution >= 4 is 22.7 Å². The number of aromatic nitrogens is 3. The molecule has 3 heterocycles. The van der Waals surface area contributed by atoms with Crippen LogP contribution in [0.25, 0.3) is 11.0 Å². The van der Waals surface area contributed by atoms with Gasteiger partial charge in [-0.05, 0) is 24.3 Å². The number of methoxy groups -OCH3 is 1. The Bertz CT molecular complexity index is 1180. The molecule has 1 amide bonds. The first kappa shape index (κ1) is 20.5. The van der Waals surface area contributed by atoms with Crippen molar-refractivity contribution in [3.63, 3.8) is 0 Å². The highest BCUT2D eigenvalue weighted by Crippen LogP contribution is 2.41. The average molecular weight is 434 g/mol. The number of ketones is 1. The zero-order valence-corrected chi connectivity index (χ0v) is 18.3. The lowest BCUT2D eigenvalue weighted by atomic mass is 9.82. The number of benzene rings is 2. The number of ether oxygens (including phenoxy) is 2. The highest BCUT2D eigenvalue weighted by molar-refractivity contribution is 6.00. The van der Waals surface area contributed by atoms with Crippen LogP contribution in [0.4, 0.5) is 0 Å². The Hall–Kier alpha value is -3.42. The van der Waals surface area contributed by atoms with Crippen LogP contribution < -0.4 is 9.47 Å². The molecule has 1 aromatic heterocycles. The monoisotopic (exact) mass is 434 g/mol. The molecule has 1 unspecified atom stereocenters. The van der Waals surface area contributed by atoms with Crippen molar-refractivity contribution in [1.82, 2.24) is 19.9 Å². The van der Waals surface area contributed by atoms with Gasteiger partial charge in [-0.3, -0.25) is 9.59 Å². The minimum Gasteiger partial charge on any atom is -0.497 e. The Labute approximate surface area is 186 Å². The third-order valence-corrected chi connectivity index (χ3v) is 6.57. The van der Waals surface area contributed by atoms with Gasteiger partial charge in [-0.1, -0.05) is 24.3 Å². The molecular weight excluding hydrogens is 408 g/mol. The van der Waals surface area contributed by atoms with Gasteiger partial charge in [0.15, 0.2) is 5.78 Å². The van der Waals surface area contributed by atoms with E-state index in [4.69, 9.17) is 9.47 Å². The number of para-hydroxylation sites is 1. The molecule has 2 aliphatic heterocycles. The van der Waals surface area contributed by atoms with E-state index in [1.54, 1.807) is 30.0 Å². The quantitative estimate of drug-likeness (QED) is 0.627. The van der Waals surface area contributed by atoms with Gasteiger partial charge in [0.1, 0.15) is 22.6 Å². The van der Waals surface area contributed by atoms with E-state index in [2.05, 4.69) is 10.3 Å². The van der Waals surface area contributed by atoms with Crippen LogP contribution in [0.2, 0.25) is 0 Å². The Morgan fingerprint density at radius 2 is 2.00 bits per heavy atom. The summed E-state index contributed by atoms with van der Waals surface area (Å²) in [5.74, 6) is 1.18. The number of hydrogen-bond donors (Lipinski definition) is 0. The maximum absolute atomic E-state index is 13.1. The van der Waals surface area contributed by atoms with E-state index in [0.717, 1.165) is 11.0 Å². The summed E-state index contributed by atoms with van der Waals surface area (Å²) in [4.78, 5) is 27.7. The molecule has 8 heteroatoms. The Morgan fingerprint density at radius 1 is 1.22 bits per heavy atom. The Kier molecular flexibility index (Phi) is 5.07. The van der Waals surface area contributed by atoms with Crippen molar-refractivity contribution in [2.45, 2.75) is 38.3 Å². The molecule has 2 aromatic carbocycles. The summed E-state index contributed by atoms with van der Waals surface area (Å²) in [5, 5.41) is 8.37. The molecule has 0 aliphatic carbocycles. The molecule has 166 valence electrons. The molecule has 0 N–H and O–H groups in total. The van der Waals surface area contributed by atoms with Gasteiger partial charge in [-0.2, -0.15) is 0 Å². The van der Waals surface area contributed by atoms with Crippen molar-refractivity contribution < 1.29 is 19.1 Å². The van der Waals surface area contributed by atoms with Gasteiger partial charge in [0.05, 0.1) is 37.1 Å². The smallest absolute Gasteiger partial charge is 0.227 e. The van der Waals surface area contributed by atoms with E-state index in [1.165, 1.54) is 0 Å². The fourth-order valence-electron chi connectivity index (χ4n) is 4.72. The molecule has 2 aliphatic rings. The fourth-order valence-corrected chi connectivity index (χ4v) is 4.72. The highest BCUT2D eigenvalue weighted by atomic mass is 16.5. The molecular formula is C24H26N4O4. The summed E-state index contributed by atoms with van der Waals surface area (Å²) in [5.41, 5.74) is 1.79. The van der Waals surface area contributed by atoms with Crippen LogP contribution in [0.3, 0.4) is 0 Å². The van der Waals surface area contributed by atoms with Gasteiger partial charge >= 0.3 is 0 Å². The summed E-state index contributed by atoms with van der Waals surface area (Å²) in [6, 6.07) is 13.0. The van der Waals surface area contributed by atoms with Gasteiger partial charge in [0.2, 0.25) is 5.91 Å². The zero-order valence-electron chi connectivity index (χ0n) is 18.3. The molecule has 1 atom stereocenters. The van der Waals surface area contributed by atoms with Gasteiger partial charge in [-0.15, -0.1) is 5.10 Å². The number of rotatable bonds is 4. The van der Waals surface area contributed by atoms with E-state index in [0.29, 0.717) is 56.0 Å². The number of amides is 1. The zero-order chi connectivity index (χ0) is 22.3. The predicted octanol–water partition coefficient (Wildman–Crippen LogP) is 3.10. The third kappa shape index (κ3) is 3.59. The second-order valence-corrected chi connectivity index (χ2v) is 8.73. The van der Waals surface area contributed by atoms with Crippen molar-refractivity contribution in [2.24, 2.45) is 5.92 Å². The first-order chi connectivity index (χ1) is 15.5. The summed E-state index contributed by atoms with van der Waals surface area (Å²) >= 11 is 0. The number of hydrogen-bond acceptors (Lipinski definition) is 6. The lowest BCUT2D eigenvalue weighted by molar-refractivity contribution is -0.139. The summed E-state index contributed by atoms with van der Waals surface area (Å²) in [7, 11) is 1.59. The minimum absolute atomic E-state index is 0.0834. The molecule has 5 rings (SSSR count). The Morgan fingerprint density at radius 3 is 2.78 bits per heavy atom. The number of carbonyl (C=O) groups is 2. The highest BCUT2D eigenvalue weighted by Gasteiger charge is 2.44. The summed E-state index contributed by atoms with van der Waals surface area (Å²) in [6.45, 7) is 3.52. The molecule has 1 spiro atoms. The number of fused-ring (bicyclic) bond motifs is 2. The number of Topliss-reactive ketones (excluding diaryl/α,β-unsaturated/α-hetero) is 1. The van der Waals surface area contributed by atoms with Gasteiger partial charge in [-0.25, -0.2) is 4.68 Å². The molecule has 1 fully saturated rings. The fraction of sp³-hybridized carbons (Fsp3) is 0.417. The van der Waals surface area contributed by atoms with E-state index in [-0.39, 0.29) is 17.6 Å². The maximum atomic E-state index is 13.1. The topological polar surface area (TPSA) is 86.6 Å². The van der Waals surface area contributed by atoms with Crippen molar-refractivity contribution in [1.29, 1.82) is 0 Å². The lowest BCUT2D eigenvalue weighted by Gasteiger charge is -2.44. The lowest BCUT2D eigenvalue weighted by Crippen LogP contribution is -2.53. The molecule has 8 nitrogen and oxygen atoms in total. The van der Waals surface area contributed by atoms with Crippen LogP contribution in [-0.2, 0) is 11.3 Å². The van der Waals surface area contributed by atoms with Crippen LogP contribution in [0.1, 0.15) is 36.5 Å². The van der Waals surface area contributed by atoms with Crippen molar-refractivity contribution in [2.75, 3.05) is 20.2 Å². The summed E-state index contributed by atoms with van der Waals surface area (Å²) in [6.07, 6.45) is 1.59. The number of carbonyl (C=O) groups excluding carboxylic acids is 2. The normalized spacial score (nSPS) is 18.3. The van der Waals surface area contributed by atoms with E-state index < -0.39 is 5.60 Å². The second kappa shape index (κ2) is 7.93. The molecule has 3 aromatic rings. The van der Waals surface area contributed by atoms with Crippen LogP contribution >= 0.6 is 0 Å². The summed E-state index contributed by atoms with van der Waals surface area (Å²) < 4.78 is 13.4. The molecule has 0 saturated carbocycles. The molecule has 1 saturated heterocycles. The standard InChI is InChI=1S/C24H26N4O4/c1-16(15-28-20-6-4-3-5-19(20)25-26-28)23(30)27-11-9-24(10-12-27)14-21(29)18-8-7-17(31-2)13-22(18)32-24/h3-8,13,16H,9-12,14-15H2,1-2H3. The van der Waals surface area contributed by atoms with Crippen molar-refractivity contribution in [3.05, 3.63) is 48.0 Å². The van der Waals surface area contributed by atoms with Crippen molar-refractivity contribution in [3.8, 4) is 11.5 Å². The van der Waals surface area contributed by atoms with Gasteiger partial charge in [0.25, 0.3) is 0 Å². The van der Waals surface area contributed by atoms with Crippen LogP contribution in [0.5, 0.6) is 11.5 Å². The molecule has 0 radical (unpaired) electrons. The molecule has 32 heavy (non-hydrogen) atoms. The van der Waals surface area contributed by atoms with E-state index in [1.807, 2.05) is 36.1 Å². The first-order valence-corrected chi connectivity index (χ1v) is 11.0. The maximum Gasteiger partial charge on any atom is 0.227 e. The number of nitrogens with zero attached hydrogens (tertiary/aromatic N) is 4. The predicted molar refractivity (Wildman–Crippen MR) is 118 cm³/mol. The van der Waals surface area contributed by atoms with E-state index in [9.17, 15) is 9.59 Å².